The van der Waals surface area contributed by atoms with E-state index in [0.717, 1.165) is 21.6 Å². The van der Waals surface area contributed by atoms with Crippen LogP contribution in [0.25, 0.3) is 0 Å². The van der Waals surface area contributed by atoms with Crippen LogP contribution in [-0.4, -0.2) is 37.2 Å². The van der Waals surface area contributed by atoms with Crippen LogP contribution >= 0.6 is 0 Å². The van der Waals surface area contributed by atoms with Crippen LogP contribution in [-0.2, 0) is 30.5 Å². The number of rotatable bonds is 9. The second-order valence-corrected chi connectivity index (χ2v) is 10.3. The van der Waals surface area contributed by atoms with Gasteiger partial charge in [-0.3, -0.25) is 4.55 Å². The van der Waals surface area contributed by atoms with Crippen LogP contribution < -0.4 is 4.74 Å². The summed E-state index contributed by atoms with van der Waals surface area (Å²) in [6.07, 6.45) is -1.66. The van der Waals surface area contributed by atoms with Crippen molar-refractivity contribution in [3.05, 3.63) is 84.9 Å². The monoisotopic (exact) mass is 477 g/mol. The minimum atomic E-state index is -4.96. The average Bonchev–Trinajstić information content (AvgIpc) is 2.79. The Bertz CT molecular complexity index is 1080. The Balaban J connectivity index is 1.68. The maximum absolute atomic E-state index is 13.5. The molecule has 0 saturated carbocycles. The molecule has 2 unspecified atom stereocenters. The van der Waals surface area contributed by atoms with Crippen molar-refractivity contribution < 1.29 is 31.6 Å². The molecule has 2 atom stereocenters. The van der Waals surface area contributed by atoms with Crippen molar-refractivity contribution in [2.45, 2.75) is 33.2 Å². The summed E-state index contributed by atoms with van der Waals surface area (Å²) in [7, 11) is -5.28. The number of esters is 1. The predicted molar refractivity (Wildman–Crippen MR) is 119 cm³/mol. The molecule has 0 saturated heterocycles. The minimum absolute atomic E-state index is 0.327. The zero-order chi connectivity index (χ0) is 23.1. The van der Waals surface area contributed by atoms with Gasteiger partial charge in [0, 0.05) is 0 Å². The fourth-order valence-corrected chi connectivity index (χ4v) is 5.50. The lowest BCUT2D eigenvalue weighted by atomic mass is 10.3. The van der Waals surface area contributed by atoms with Gasteiger partial charge in [0.05, 0.1) is 10.9 Å². The van der Waals surface area contributed by atoms with E-state index in [1.165, 1.54) is 0 Å². The van der Waals surface area contributed by atoms with E-state index in [1.54, 1.807) is 12.1 Å². The van der Waals surface area contributed by atoms with Crippen molar-refractivity contribution in [2.24, 2.45) is 0 Å². The zero-order valence-corrected chi connectivity index (χ0v) is 18.8. The molecule has 0 aliphatic carbocycles. The van der Waals surface area contributed by atoms with Crippen LogP contribution in [0.1, 0.15) is 6.92 Å². The molecule has 0 radical (unpaired) electrons. The van der Waals surface area contributed by atoms with Crippen molar-refractivity contribution in [3.63, 3.8) is 0 Å². The van der Waals surface area contributed by atoms with Gasteiger partial charge in [0.2, 0.25) is 0 Å². The molecule has 3 aromatic rings. The highest BCUT2D eigenvalue weighted by molar-refractivity contribution is 7.97. The molecular weight excluding hydrogens is 455 g/mol. The summed E-state index contributed by atoms with van der Waals surface area (Å²) < 4.78 is 53.8. The van der Waals surface area contributed by atoms with Crippen molar-refractivity contribution in [3.8, 4) is 5.75 Å². The number of hydrogen-bond donors (Lipinski definition) is 1. The molecule has 0 amide bonds. The van der Waals surface area contributed by atoms with Crippen molar-refractivity contribution >= 4 is 27.0 Å². The first-order valence-electron chi connectivity index (χ1n) is 9.63. The number of ether oxygens (including phenoxy) is 2. The molecule has 0 fully saturated rings. The molecule has 3 rings (SSSR count). The lowest BCUT2D eigenvalue weighted by Crippen LogP contribution is -2.33. The molecular formula is C23H22FO6S2+. The van der Waals surface area contributed by atoms with Gasteiger partial charge in [0.25, 0.3) is 5.50 Å². The normalized spacial score (nSPS) is 13.4. The zero-order valence-electron chi connectivity index (χ0n) is 17.1. The Morgan fingerprint density at radius 3 is 1.84 bits per heavy atom. The second kappa shape index (κ2) is 10.6. The maximum atomic E-state index is 13.5. The highest BCUT2D eigenvalue weighted by Gasteiger charge is 2.32. The number of halogens is 1. The van der Waals surface area contributed by atoms with Gasteiger partial charge in [-0.15, -0.1) is 0 Å². The molecule has 0 heterocycles. The number of hydrogen-bond acceptors (Lipinski definition) is 5. The SMILES string of the molecule is CC(OC(=O)COc1ccc([S+](c2ccccc2)c2ccccc2)cc1)C(F)S(=O)(=O)O. The van der Waals surface area contributed by atoms with Gasteiger partial charge in [0.15, 0.2) is 21.3 Å². The molecule has 3 aromatic carbocycles. The molecule has 0 aromatic heterocycles. The third-order valence-corrected chi connectivity index (χ3v) is 7.53. The van der Waals surface area contributed by atoms with E-state index in [-0.39, 0.29) is 10.9 Å². The van der Waals surface area contributed by atoms with Crippen LogP contribution in [0.3, 0.4) is 0 Å². The van der Waals surface area contributed by atoms with Crippen LogP contribution in [0, 0.1) is 0 Å². The second-order valence-electron chi connectivity index (χ2n) is 6.75. The number of carbonyl (C=O) groups excluding carboxylic acids is 1. The first kappa shape index (κ1) is 23.8. The largest absolute Gasteiger partial charge is 0.482 e. The Hall–Kier alpha value is -2.88. The van der Waals surface area contributed by atoms with E-state index in [1.807, 2.05) is 48.5 Å². The van der Waals surface area contributed by atoms with Gasteiger partial charge in [-0.2, -0.15) is 8.42 Å². The molecule has 0 bridgehead atoms. The van der Waals surface area contributed by atoms with Crippen molar-refractivity contribution in [2.75, 3.05) is 6.61 Å². The van der Waals surface area contributed by atoms with E-state index in [2.05, 4.69) is 29.0 Å². The molecule has 6 nitrogen and oxygen atoms in total. The summed E-state index contributed by atoms with van der Waals surface area (Å²) in [5.74, 6) is -0.559. The standard InChI is InChI=1S/C23H21FO6S2/c1-17(23(24)32(26,27)28)30-22(25)16-29-18-12-14-21(15-13-18)31(19-8-4-2-5-9-19)20-10-6-3-7-11-20/h2-15,17,23H,16H2,1H3/p+1. The van der Waals surface area contributed by atoms with Crippen molar-refractivity contribution in [1.29, 1.82) is 0 Å². The molecule has 168 valence electrons. The van der Waals surface area contributed by atoms with E-state index in [0.29, 0.717) is 5.75 Å². The third-order valence-electron chi connectivity index (χ3n) is 4.34. The van der Waals surface area contributed by atoms with E-state index >= 15 is 0 Å². The first-order valence-corrected chi connectivity index (χ1v) is 12.4. The molecule has 1 N–H and O–H groups in total. The van der Waals surface area contributed by atoms with Gasteiger partial charge in [-0.05, 0) is 55.5 Å². The Kier molecular flexibility index (Phi) is 7.89. The Labute approximate surface area is 189 Å². The summed E-state index contributed by atoms with van der Waals surface area (Å²) >= 11 is 0. The van der Waals surface area contributed by atoms with Gasteiger partial charge < -0.3 is 9.47 Å². The fraction of sp³-hybridized carbons (Fsp3) is 0.174. The van der Waals surface area contributed by atoms with Gasteiger partial charge in [-0.25, -0.2) is 9.18 Å². The van der Waals surface area contributed by atoms with E-state index in [9.17, 15) is 17.6 Å². The molecule has 0 spiro atoms. The van der Waals surface area contributed by atoms with Crippen molar-refractivity contribution in [1.82, 2.24) is 0 Å². The molecule has 0 aliphatic rings. The third kappa shape index (κ3) is 6.32. The van der Waals surface area contributed by atoms with Crippen LogP contribution in [0.2, 0.25) is 0 Å². The van der Waals surface area contributed by atoms with Crippen LogP contribution in [0.4, 0.5) is 4.39 Å². The molecule has 32 heavy (non-hydrogen) atoms. The first-order chi connectivity index (χ1) is 15.3. The van der Waals surface area contributed by atoms with Gasteiger partial charge in [-0.1, -0.05) is 36.4 Å². The maximum Gasteiger partial charge on any atom is 0.344 e. The molecule has 9 heteroatoms. The van der Waals surface area contributed by atoms with Crippen LogP contribution in [0.15, 0.2) is 99.6 Å². The van der Waals surface area contributed by atoms with E-state index < -0.39 is 34.3 Å². The van der Waals surface area contributed by atoms with E-state index in [4.69, 9.17) is 9.29 Å². The quantitative estimate of drug-likeness (QED) is 0.281. The number of alkyl halides is 1. The predicted octanol–water partition coefficient (Wildman–Crippen LogP) is 4.28. The van der Waals surface area contributed by atoms with Gasteiger partial charge in [0.1, 0.15) is 11.9 Å². The smallest absolute Gasteiger partial charge is 0.344 e. The summed E-state index contributed by atoms with van der Waals surface area (Å²) in [4.78, 5) is 15.2. The minimum Gasteiger partial charge on any atom is -0.482 e. The number of benzene rings is 3. The molecule has 0 aliphatic heterocycles. The Morgan fingerprint density at radius 1 is 0.906 bits per heavy atom. The summed E-state index contributed by atoms with van der Waals surface area (Å²) in [6.45, 7) is 0.490. The van der Waals surface area contributed by atoms with Crippen LogP contribution in [0.5, 0.6) is 5.75 Å². The highest BCUT2D eigenvalue weighted by atomic mass is 32.2. The number of carbonyl (C=O) groups is 1. The topological polar surface area (TPSA) is 89.9 Å². The summed E-state index contributed by atoms with van der Waals surface area (Å²) in [5.41, 5.74) is -2.72. The highest BCUT2D eigenvalue weighted by Crippen LogP contribution is 2.31. The summed E-state index contributed by atoms with van der Waals surface area (Å²) in [6, 6.07) is 27.4. The summed E-state index contributed by atoms with van der Waals surface area (Å²) in [5, 5.41) is 0. The Morgan fingerprint density at radius 2 is 1.38 bits per heavy atom. The fourth-order valence-electron chi connectivity index (χ4n) is 2.87. The average molecular weight is 478 g/mol. The van der Waals surface area contributed by atoms with Gasteiger partial charge >= 0.3 is 16.1 Å². The lowest BCUT2D eigenvalue weighted by Gasteiger charge is -2.15. The lowest BCUT2D eigenvalue weighted by molar-refractivity contribution is -0.152.